The van der Waals surface area contributed by atoms with E-state index in [0.717, 1.165) is 22.5 Å². The number of carbonyl (C=O) groups is 1. The van der Waals surface area contributed by atoms with Gasteiger partial charge in [-0.1, -0.05) is 78.9 Å². The van der Waals surface area contributed by atoms with Crippen LogP contribution >= 0.6 is 11.8 Å². The predicted octanol–water partition coefficient (Wildman–Crippen LogP) is 1.76. The van der Waals surface area contributed by atoms with Gasteiger partial charge in [0.05, 0.1) is 16.1 Å². The van der Waals surface area contributed by atoms with E-state index in [2.05, 4.69) is 68.9 Å². The molecule has 0 aliphatic heterocycles. The quantitative estimate of drug-likeness (QED) is 0.197. The summed E-state index contributed by atoms with van der Waals surface area (Å²) in [5.41, 5.74) is 5.86. The molecule has 11 nitrogen and oxygen atoms in total. The summed E-state index contributed by atoms with van der Waals surface area (Å²) < 4.78 is 37.9. The Morgan fingerprint density at radius 2 is 1.11 bits per heavy atom. The fourth-order valence-corrected chi connectivity index (χ4v) is 4.41. The van der Waals surface area contributed by atoms with E-state index in [9.17, 15) is 10.0 Å². The summed E-state index contributed by atoms with van der Waals surface area (Å²) in [7, 11) is -4.94. The first-order valence-corrected chi connectivity index (χ1v) is 15.2. The van der Waals surface area contributed by atoms with Crippen molar-refractivity contribution in [2.45, 2.75) is 24.8 Å². The monoisotopic (exact) mass is 687 g/mol. The average molecular weight is 690 g/mol. The molecule has 1 amide bonds. The molecule has 226 valence electrons. The van der Waals surface area contributed by atoms with Gasteiger partial charge in [0.25, 0.3) is 0 Å². The molecule has 5 rings (SSSR count). The van der Waals surface area contributed by atoms with Gasteiger partial charge in [-0.05, 0) is 44.4 Å². The number of halogens is 1. The van der Waals surface area contributed by atoms with Crippen LogP contribution in [0.3, 0.4) is 0 Å². The Morgan fingerprint density at radius 1 is 0.750 bits per heavy atom. The largest absolute Gasteiger partial charge is 2.00 e. The van der Waals surface area contributed by atoms with Crippen molar-refractivity contribution in [3.05, 3.63) is 126 Å². The van der Waals surface area contributed by atoms with Crippen molar-refractivity contribution in [1.82, 2.24) is 25.0 Å². The van der Waals surface area contributed by atoms with Crippen LogP contribution in [0.4, 0.5) is 0 Å². The Kier molecular flexibility index (Phi) is 14.4. The van der Waals surface area contributed by atoms with Gasteiger partial charge in [-0.3, -0.25) is 4.79 Å². The molecular formula is C30H30ClN5O6SZn. The molecule has 0 aliphatic carbocycles. The molecule has 2 aromatic heterocycles. The zero-order valence-corrected chi connectivity index (χ0v) is 28.8. The van der Waals surface area contributed by atoms with Crippen LogP contribution in [0.5, 0.6) is 0 Å². The van der Waals surface area contributed by atoms with Crippen molar-refractivity contribution >= 4 is 17.7 Å². The second-order valence-electron chi connectivity index (χ2n) is 9.45. The van der Waals surface area contributed by atoms with Crippen LogP contribution in [0.1, 0.15) is 30.4 Å². The molecule has 1 N–H and O–H groups in total. The van der Waals surface area contributed by atoms with Gasteiger partial charge < -0.3 is 10.7 Å². The number of hydrogen-bond acceptors (Lipinski definition) is 9. The van der Waals surface area contributed by atoms with Gasteiger partial charge in [-0.25, -0.2) is 28.0 Å². The predicted molar refractivity (Wildman–Crippen MR) is 155 cm³/mol. The first kappa shape index (κ1) is 36.8. The van der Waals surface area contributed by atoms with Crippen molar-refractivity contribution in [1.29, 1.82) is 0 Å². The normalized spacial score (nSPS) is 10.9. The summed E-state index contributed by atoms with van der Waals surface area (Å²) >= 11 is 1.81. The maximum Gasteiger partial charge on any atom is 2.00 e. The number of rotatable bonds is 7. The molecule has 0 saturated carbocycles. The molecule has 0 unspecified atom stereocenters. The molecule has 0 spiro atoms. The summed E-state index contributed by atoms with van der Waals surface area (Å²) in [6, 6.07) is 33.0. The number of benzene rings is 3. The second-order valence-corrected chi connectivity index (χ2v) is 11.7. The van der Waals surface area contributed by atoms with Crippen LogP contribution in [-0.2, 0) is 19.5 Å². The van der Waals surface area contributed by atoms with Gasteiger partial charge in [0.1, 0.15) is 0 Å². The first-order valence-electron chi connectivity index (χ1n) is 12.8. The average Bonchev–Trinajstić information content (AvgIpc) is 3.69. The zero-order chi connectivity index (χ0) is 31.5. The van der Waals surface area contributed by atoms with Gasteiger partial charge in [0.15, 0.2) is 6.17 Å². The topological polar surface area (TPSA) is 180 Å². The van der Waals surface area contributed by atoms with Crippen molar-refractivity contribution in [3.8, 4) is 22.5 Å². The first-order chi connectivity index (χ1) is 20.4. The van der Waals surface area contributed by atoms with Crippen molar-refractivity contribution in [2.24, 2.45) is 0 Å². The number of thioether (sulfide) groups is 1. The number of carbonyl (C=O) groups excluding carboxylic acids is 1. The van der Waals surface area contributed by atoms with Crippen molar-refractivity contribution in [2.75, 3.05) is 6.26 Å². The third-order valence-electron chi connectivity index (χ3n) is 6.13. The van der Waals surface area contributed by atoms with Gasteiger partial charge in [0.2, 0.25) is 5.91 Å². The van der Waals surface area contributed by atoms with Crippen LogP contribution in [0.15, 0.2) is 116 Å². The summed E-state index contributed by atoms with van der Waals surface area (Å²) in [5.74, 6) is -0.597. The zero-order valence-electron chi connectivity index (χ0n) is 24.3. The molecule has 5 aromatic rings. The van der Waals surface area contributed by atoms with Crippen LogP contribution in [0, 0.1) is 15.5 Å². The molecule has 14 heteroatoms. The molecule has 0 radical (unpaired) electrons. The van der Waals surface area contributed by atoms with Crippen LogP contribution in [0.25, 0.3) is 22.5 Å². The summed E-state index contributed by atoms with van der Waals surface area (Å²) in [6.45, 7) is 4.46. The Labute approximate surface area is 274 Å². The minimum Gasteiger partial charge on any atom is -0.759 e. The van der Waals surface area contributed by atoms with Crippen LogP contribution < -0.4 is 24.1 Å². The third-order valence-corrected chi connectivity index (χ3v) is 7.40. The van der Waals surface area contributed by atoms with E-state index in [1.54, 1.807) is 30.3 Å². The molecule has 0 bridgehead atoms. The van der Waals surface area contributed by atoms with E-state index in [1.165, 1.54) is 5.48 Å². The van der Waals surface area contributed by atoms with Crippen LogP contribution in [0.2, 0.25) is 0 Å². The molecule has 0 saturated heterocycles. The minimum absolute atomic E-state index is 0. The minimum atomic E-state index is -4.94. The smallest absolute Gasteiger partial charge is 0.759 e. The third kappa shape index (κ3) is 11.3. The second kappa shape index (κ2) is 17.2. The van der Waals surface area contributed by atoms with Crippen LogP contribution in [-0.4, -0.2) is 36.5 Å². The molecule has 2 heterocycles. The van der Waals surface area contributed by atoms with E-state index in [-0.39, 0.29) is 30.4 Å². The molecule has 0 atom stereocenters. The standard InChI is InChI=1S/C23H24N4S.C7H6NO2.ClHO4.Zn/c1-23(2,28-3)22(26-16-14-20(24-26)18-10-6-4-7-11-18)27-17-15-21(25-27)19-12-8-5-9-13-19;9-7(8-10)6-4-2-1-3-5-6;2-1(3,4)5;/h4-17,22H,1-3H3;1-5H,(H-,8,9,10);(H,2,3,4,5);/q;-1;;+2/p-1. The molecule has 44 heavy (non-hydrogen) atoms. The van der Waals surface area contributed by atoms with E-state index in [4.69, 9.17) is 28.8 Å². The molecular weight excluding hydrogens is 659 g/mol. The number of amides is 1. The van der Waals surface area contributed by atoms with Gasteiger partial charge >= 0.3 is 19.5 Å². The van der Waals surface area contributed by atoms with Gasteiger partial charge in [-0.15, -0.1) is 10.2 Å². The maximum absolute atomic E-state index is 10.6. The number of hydroxylamine groups is 1. The SMILES string of the molecule is CSC(C)(C)C(n1ccc(-c2ccccc2)n1)n1ccc(-c2ccccc2)n1.O=C(N[O-])c1ccccc1.[O-][Cl+3]([O-])([O-])[O-].[Zn+2]. The summed E-state index contributed by atoms with van der Waals surface area (Å²) in [4.78, 5) is 10.6. The van der Waals surface area contributed by atoms with E-state index in [0.29, 0.717) is 5.56 Å². The number of nitrogens with one attached hydrogen (secondary N) is 1. The number of hydrogen-bond donors (Lipinski definition) is 1. The number of aromatic nitrogens is 4. The number of nitrogens with zero attached hydrogens (tertiary/aromatic N) is 4. The fourth-order valence-electron chi connectivity index (χ4n) is 3.99. The Bertz CT molecular complexity index is 1470. The molecule has 0 aliphatic rings. The molecule has 0 fully saturated rings. The molecule has 3 aromatic carbocycles. The van der Waals surface area contributed by atoms with Gasteiger partial charge in [-0.2, -0.15) is 22.0 Å². The maximum atomic E-state index is 10.6. The summed E-state index contributed by atoms with van der Waals surface area (Å²) in [5, 5.41) is 19.6. The van der Waals surface area contributed by atoms with Crippen molar-refractivity contribution in [3.63, 3.8) is 0 Å². The summed E-state index contributed by atoms with van der Waals surface area (Å²) in [6.07, 6.45) is 6.19. The Balaban J connectivity index is 0.000000350. The van der Waals surface area contributed by atoms with E-state index in [1.807, 2.05) is 57.5 Å². The van der Waals surface area contributed by atoms with E-state index >= 15 is 0 Å². The Morgan fingerprint density at radius 3 is 1.45 bits per heavy atom. The Hall–Kier alpha value is -3.39. The fraction of sp³-hybridized carbons (Fsp3) is 0.167. The van der Waals surface area contributed by atoms with Gasteiger partial charge in [0, 0.05) is 29.1 Å². The van der Waals surface area contributed by atoms with E-state index < -0.39 is 16.2 Å². The van der Waals surface area contributed by atoms with Crippen molar-refractivity contribution < 1.29 is 53.2 Å².